The van der Waals surface area contributed by atoms with Gasteiger partial charge in [0.2, 0.25) is 0 Å². The number of anilines is 1. The number of nitrogens with zero attached hydrogens (tertiary/aromatic N) is 1. The van der Waals surface area contributed by atoms with Gasteiger partial charge in [0.05, 0.1) is 23.9 Å². The lowest BCUT2D eigenvalue weighted by Crippen LogP contribution is -2.42. The van der Waals surface area contributed by atoms with Crippen molar-refractivity contribution in [2.75, 3.05) is 38.2 Å². The van der Waals surface area contributed by atoms with Crippen LogP contribution in [-0.4, -0.2) is 48.8 Å². The van der Waals surface area contributed by atoms with Crippen LogP contribution in [0.3, 0.4) is 0 Å². The van der Waals surface area contributed by atoms with Gasteiger partial charge in [-0.05, 0) is 25.1 Å². The van der Waals surface area contributed by atoms with Crippen LogP contribution in [0.5, 0.6) is 0 Å². The predicted molar refractivity (Wildman–Crippen MR) is 87.7 cm³/mol. The monoisotopic (exact) mass is 313 g/mol. The summed E-state index contributed by atoms with van der Waals surface area (Å²) in [6.07, 6.45) is 0. The summed E-state index contributed by atoms with van der Waals surface area (Å²) in [7, 11) is 0. The first-order chi connectivity index (χ1) is 9.56. The Morgan fingerprint density at radius 3 is 2.80 bits per heavy atom. The number of ether oxygens (including phenoxy) is 1. The van der Waals surface area contributed by atoms with E-state index in [4.69, 9.17) is 34.3 Å². The number of morpholine rings is 1. The van der Waals surface area contributed by atoms with Gasteiger partial charge in [0.1, 0.15) is 4.99 Å². The van der Waals surface area contributed by atoms with Crippen LogP contribution in [0.15, 0.2) is 18.2 Å². The van der Waals surface area contributed by atoms with Gasteiger partial charge >= 0.3 is 0 Å². The summed E-state index contributed by atoms with van der Waals surface area (Å²) in [5.41, 5.74) is 7.29. The van der Waals surface area contributed by atoms with Gasteiger partial charge in [-0.25, -0.2) is 0 Å². The third-order valence-electron chi connectivity index (χ3n) is 3.29. The van der Waals surface area contributed by atoms with E-state index in [1.807, 2.05) is 12.1 Å². The summed E-state index contributed by atoms with van der Waals surface area (Å²) in [4.78, 5) is 2.75. The van der Waals surface area contributed by atoms with Crippen LogP contribution in [0.1, 0.15) is 12.5 Å². The number of nitrogens with one attached hydrogen (secondary N) is 1. The van der Waals surface area contributed by atoms with E-state index in [1.54, 1.807) is 6.07 Å². The molecule has 1 aromatic rings. The number of benzene rings is 1. The number of hydrogen-bond donors (Lipinski definition) is 2. The molecule has 0 saturated carbocycles. The maximum absolute atomic E-state index is 6.25. The summed E-state index contributed by atoms with van der Waals surface area (Å²) in [6.45, 7) is 6.72. The van der Waals surface area contributed by atoms with E-state index >= 15 is 0 Å². The van der Waals surface area contributed by atoms with E-state index < -0.39 is 0 Å². The first-order valence-corrected chi connectivity index (χ1v) is 7.51. The number of thiocarbonyl (C=S) groups is 1. The molecule has 1 aromatic carbocycles. The van der Waals surface area contributed by atoms with E-state index in [-0.39, 0.29) is 0 Å². The van der Waals surface area contributed by atoms with Gasteiger partial charge in [-0.15, -0.1) is 0 Å². The average molecular weight is 314 g/mol. The van der Waals surface area contributed by atoms with Crippen molar-refractivity contribution in [3.63, 3.8) is 0 Å². The Labute approximate surface area is 130 Å². The zero-order valence-electron chi connectivity index (χ0n) is 11.6. The van der Waals surface area contributed by atoms with Crippen molar-refractivity contribution >= 4 is 34.5 Å². The topological polar surface area (TPSA) is 50.5 Å². The molecule has 6 heteroatoms. The molecule has 0 aromatic heterocycles. The molecule has 1 aliphatic heterocycles. The minimum atomic E-state index is 0.307. The largest absolute Gasteiger partial charge is 0.389 e. The molecule has 2 rings (SSSR count). The summed E-state index contributed by atoms with van der Waals surface area (Å²) in [5.74, 6) is 0. The normalized spacial score (nSPS) is 17.7. The Morgan fingerprint density at radius 1 is 1.50 bits per heavy atom. The first kappa shape index (κ1) is 15.5. The fraction of sp³-hybridized carbons (Fsp3) is 0.500. The Hall–Kier alpha value is -0.880. The van der Waals surface area contributed by atoms with Gasteiger partial charge in [-0.1, -0.05) is 23.8 Å². The Balaban J connectivity index is 1.93. The number of nitrogens with two attached hydrogens (primary N) is 1. The van der Waals surface area contributed by atoms with Crippen LogP contribution >= 0.6 is 23.8 Å². The van der Waals surface area contributed by atoms with Crippen LogP contribution in [0.4, 0.5) is 5.69 Å². The van der Waals surface area contributed by atoms with Crippen LogP contribution < -0.4 is 11.1 Å². The SMILES string of the molecule is CC(CN1CCOCC1)Nc1ccc(C(N)=S)cc1Cl. The molecule has 1 unspecified atom stereocenters. The molecule has 110 valence electrons. The fourth-order valence-corrected chi connectivity index (χ4v) is 2.63. The molecule has 1 atom stereocenters. The summed E-state index contributed by atoms with van der Waals surface area (Å²) < 4.78 is 5.35. The third-order valence-corrected chi connectivity index (χ3v) is 3.84. The van der Waals surface area contributed by atoms with Crippen LogP contribution in [-0.2, 0) is 4.74 Å². The molecule has 3 N–H and O–H groups in total. The molecule has 1 saturated heterocycles. The highest BCUT2D eigenvalue weighted by Gasteiger charge is 2.14. The third kappa shape index (κ3) is 4.31. The Morgan fingerprint density at radius 2 is 2.20 bits per heavy atom. The second-order valence-electron chi connectivity index (χ2n) is 5.02. The minimum Gasteiger partial charge on any atom is -0.389 e. The van der Waals surface area contributed by atoms with Gasteiger partial charge in [0, 0.05) is 31.2 Å². The molecule has 1 aliphatic rings. The van der Waals surface area contributed by atoms with Gasteiger partial charge in [-0.2, -0.15) is 0 Å². The Bertz CT molecular complexity index is 477. The number of halogens is 1. The zero-order valence-corrected chi connectivity index (χ0v) is 13.1. The van der Waals surface area contributed by atoms with E-state index in [2.05, 4.69) is 17.1 Å². The molecule has 0 aliphatic carbocycles. The van der Waals surface area contributed by atoms with Crippen molar-refractivity contribution < 1.29 is 4.74 Å². The van der Waals surface area contributed by atoms with Crippen molar-refractivity contribution in [2.24, 2.45) is 5.73 Å². The van der Waals surface area contributed by atoms with E-state index in [0.717, 1.165) is 44.1 Å². The second kappa shape index (κ2) is 7.22. The lowest BCUT2D eigenvalue weighted by atomic mass is 10.2. The zero-order chi connectivity index (χ0) is 14.5. The van der Waals surface area contributed by atoms with Crippen molar-refractivity contribution in [3.8, 4) is 0 Å². The lowest BCUT2D eigenvalue weighted by Gasteiger charge is -2.29. The van der Waals surface area contributed by atoms with Gasteiger partial charge in [0.25, 0.3) is 0 Å². The van der Waals surface area contributed by atoms with E-state index in [0.29, 0.717) is 16.1 Å². The highest BCUT2D eigenvalue weighted by atomic mass is 35.5. The molecule has 0 amide bonds. The standard InChI is InChI=1S/C14H20ClN3OS/c1-10(9-18-4-6-19-7-5-18)17-13-3-2-11(14(16)20)8-12(13)15/h2-3,8,10,17H,4-7,9H2,1H3,(H2,16,20). The quantitative estimate of drug-likeness (QED) is 0.815. The van der Waals surface area contributed by atoms with Crippen molar-refractivity contribution in [2.45, 2.75) is 13.0 Å². The fourth-order valence-electron chi connectivity index (χ4n) is 2.27. The molecule has 0 radical (unpaired) electrons. The molecule has 0 bridgehead atoms. The lowest BCUT2D eigenvalue weighted by molar-refractivity contribution is 0.0368. The van der Waals surface area contributed by atoms with Crippen LogP contribution in [0, 0.1) is 0 Å². The predicted octanol–water partition coefficient (Wildman–Crippen LogP) is 2.11. The van der Waals surface area contributed by atoms with Crippen molar-refractivity contribution in [1.29, 1.82) is 0 Å². The molecule has 20 heavy (non-hydrogen) atoms. The number of rotatable bonds is 5. The van der Waals surface area contributed by atoms with Crippen LogP contribution in [0.25, 0.3) is 0 Å². The second-order valence-corrected chi connectivity index (χ2v) is 5.86. The number of hydrogen-bond acceptors (Lipinski definition) is 4. The van der Waals surface area contributed by atoms with E-state index in [9.17, 15) is 0 Å². The molecular formula is C14H20ClN3OS. The molecule has 4 nitrogen and oxygen atoms in total. The maximum Gasteiger partial charge on any atom is 0.104 e. The van der Waals surface area contributed by atoms with Crippen molar-refractivity contribution in [3.05, 3.63) is 28.8 Å². The van der Waals surface area contributed by atoms with Gasteiger partial charge in [0.15, 0.2) is 0 Å². The molecule has 0 spiro atoms. The summed E-state index contributed by atoms with van der Waals surface area (Å²) in [6, 6.07) is 5.92. The van der Waals surface area contributed by atoms with E-state index in [1.165, 1.54) is 0 Å². The Kier molecular flexibility index (Phi) is 5.60. The van der Waals surface area contributed by atoms with Gasteiger partial charge in [-0.3, -0.25) is 4.90 Å². The van der Waals surface area contributed by atoms with Crippen molar-refractivity contribution in [1.82, 2.24) is 4.90 Å². The van der Waals surface area contributed by atoms with Crippen LogP contribution in [0.2, 0.25) is 5.02 Å². The molecule has 1 fully saturated rings. The summed E-state index contributed by atoms with van der Waals surface area (Å²) >= 11 is 11.2. The smallest absolute Gasteiger partial charge is 0.104 e. The van der Waals surface area contributed by atoms with Gasteiger partial charge < -0.3 is 15.8 Å². The highest BCUT2D eigenvalue weighted by molar-refractivity contribution is 7.80. The molecule has 1 heterocycles. The highest BCUT2D eigenvalue weighted by Crippen LogP contribution is 2.24. The minimum absolute atomic E-state index is 0.307. The maximum atomic E-state index is 6.25. The average Bonchev–Trinajstić information content (AvgIpc) is 2.42. The molecular weight excluding hydrogens is 294 g/mol. The first-order valence-electron chi connectivity index (χ1n) is 6.72. The summed E-state index contributed by atoms with van der Waals surface area (Å²) in [5, 5.41) is 4.07.